The summed E-state index contributed by atoms with van der Waals surface area (Å²) in [6, 6.07) is 4.41. The summed E-state index contributed by atoms with van der Waals surface area (Å²) in [7, 11) is 0. The van der Waals surface area contributed by atoms with E-state index in [1.807, 2.05) is 0 Å². The molecule has 4 nitrogen and oxygen atoms in total. The SMILES string of the molecule is Cc1cc(C)c(CC(=O)C23CCCCC2C3)c(C)c1.O=C(O)O. The molecule has 0 heterocycles. The second-order valence-electron chi connectivity index (χ2n) is 7.06. The number of aryl methyl sites for hydroxylation is 3. The number of hydrogen-bond acceptors (Lipinski definition) is 2. The van der Waals surface area contributed by atoms with Gasteiger partial charge in [-0.15, -0.1) is 0 Å². The second-order valence-corrected chi connectivity index (χ2v) is 7.06. The van der Waals surface area contributed by atoms with E-state index in [0.717, 1.165) is 12.3 Å². The predicted molar refractivity (Wildman–Crippen MR) is 89.0 cm³/mol. The van der Waals surface area contributed by atoms with Gasteiger partial charge in [-0.25, -0.2) is 4.79 Å². The van der Waals surface area contributed by atoms with Gasteiger partial charge in [0.2, 0.25) is 0 Å². The summed E-state index contributed by atoms with van der Waals surface area (Å²) in [4.78, 5) is 21.3. The van der Waals surface area contributed by atoms with Gasteiger partial charge in [0, 0.05) is 11.8 Å². The van der Waals surface area contributed by atoms with Crippen LogP contribution in [0.2, 0.25) is 0 Å². The number of hydrogen-bond donors (Lipinski definition) is 2. The van der Waals surface area contributed by atoms with Crippen LogP contribution in [0.25, 0.3) is 0 Å². The standard InChI is InChI=1S/C18H24O.CH2O3/c1-12-8-13(2)16(14(3)9-12)10-17(19)18-7-5-4-6-15(18)11-18;2-1(3)4/h8-9,15H,4-7,10-11H2,1-3H3;(H2,2,3,4). The molecule has 2 N–H and O–H groups in total. The Kier molecular flexibility index (Phi) is 5.12. The molecule has 23 heavy (non-hydrogen) atoms. The van der Waals surface area contributed by atoms with Crippen LogP contribution in [0.3, 0.4) is 0 Å². The molecule has 2 aliphatic rings. The Morgan fingerprint density at radius 1 is 1.13 bits per heavy atom. The van der Waals surface area contributed by atoms with Crippen LogP contribution in [0.15, 0.2) is 12.1 Å². The molecule has 2 saturated carbocycles. The Hall–Kier alpha value is -1.84. The van der Waals surface area contributed by atoms with E-state index in [2.05, 4.69) is 32.9 Å². The summed E-state index contributed by atoms with van der Waals surface area (Å²) in [5.74, 6) is 1.24. The molecule has 2 aliphatic carbocycles. The lowest BCUT2D eigenvalue weighted by atomic mass is 9.82. The molecule has 3 rings (SSSR count). The zero-order valence-electron chi connectivity index (χ0n) is 14.2. The normalized spacial score (nSPS) is 24.9. The minimum atomic E-state index is -1.83. The number of benzene rings is 1. The minimum Gasteiger partial charge on any atom is -0.450 e. The molecule has 4 heteroatoms. The van der Waals surface area contributed by atoms with Gasteiger partial charge in [-0.3, -0.25) is 4.79 Å². The number of carbonyl (C=O) groups is 2. The van der Waals surface area contributed by atoms with Crippen LogP contribution < -0.4 is 0 Å². The van der Waals surface area contributed by atoms with Gasteiger partial charge in [-0.2, -0.15) is 0 Å². The third-order valence-corrected chi connectivity index (χ3v) is 5.39. The number of carboxylic acid groups (broad SMARTS) is 2. The molecule has 126 valence electrons. The summed E-state index contributed by atoms with van der Waals surface area (Å²) < 4.78 is 0. The highest BCUT2D eigenvalue weighted by atomic mass is 16.6. The van der Waals surface area contributed by atoms with Crippen LogP contribution in [-0.4, -0.2) is 22.2 Å². The largest absolute Gasteiger partial charge is 0.503 e. The third-order valence-electron chi connectivity index (χ3n) is 5.39. The molecular weight excluding hydrogens is 292 g/mol. The maximum absolute atomic E-state index is 12.7. The van der Waals surface area contributed by atoms with Gasteiger partial charge >= 0.3 is 6.16 Å². The molecular formula is C19H26O4. The Balaban J connectivity index is 0.000000433. The van der Waals surface area contributed by atoms with Gasteiger partial charge in [-0.1, -0.05) is 30.5 Å². The van der Waals surface area contributed by atoms with Crippen molar-refractivity contribution >= 4 is 11.9 Å². The topological polar surface area (TPSA) is 74.6 Å². The van der Waals surface area contributed by atoms with E-state index in [1.165, 1.54) is 47.9 Å². The maximum atomic E-state index is 12.7. The van der Waals surface area contributed by atoms with Crippen LogP contribution >= 0.6 is 0 Å². The Labute approximate surface area is 137 Å². The average molecular weight is 318 g/mol. The first-order valence-corrected chi connectivity index (χ1v) is 8.28. The van der Waals surface area contributed by atoms with E-state index in [9.17, 15) is 4.79 Å². The molecule has 0 saturated heterocycles. The first-order chi connectivity index (χ1) is 10.8. The quantitative estimate of drug-likeness (QED) is 0.859. The average Bonchev–Trinajstić information content (AvgIpc) is 3.17. The van der Waals surface area contributed by atoms with E-state index in [1.54, 1.807) is 0 Å². The Morgan fingerprint density at radius 2 is 1.70 bits per heavy atom. The van der Waals surface area contributed by atoms with Crippen molar-refractivity contribution in [2.75, 3.05) is 0 Å². The van der Waals surface area contributed by atoms with Crippen LogP contribution in [0, 0.1) is 32.1 Å². The van der Waals surface area contributed by atoms with Crippen LogP contribution in [0.5, 0.6) is 0 Å². The van der Waals surface area contributed by atoms with Gasteiger partial charge < -0.3 is 10.2 Å². The number of rotatable bonds is 3. The number of Topliss-reactive ketones (excluding diaryl/α,β-unsaturated/α-hetero) is 1. The van der Waals surface area contributed by atoms with Crippen molar-refractivity contribution in [1.29, 1.82) is 0 Å². The lowest BCUT2D eigenvalue weighted by molar-refractivity contribution is -0.124. The zero-order valence-corrected chi connectivity index (χ0v) is 14.2. The summed E-state index contributed by atoms with van der Waals surface area (Å²) in [5, 5.41) is 13.9. The van der Waals surface area contributed by atoms with Crippen molar-refractivity contribution in [2.24, 2.45) is 11.3 Å². The van der Waals surface area contributed by atoms with E-state index in [4.69, 9.17) is 15.0 Å². The Morgan fingerprint density at radius 3 is 2.22 bits per heavy atom. The maximum Gasteiger partial charge on any atom is 0.503 e. The van der Waals surface area contributed by atoms with Crippen LogP contribution in [0.4, 0.5) is 4.79 Å². The molecule has 2 atom stereocenters. The summed E-state index contributed by atoms with van der Waals surface area (Å²) >= 11 is 0. The molecule has 1 aromatic carbocycles. The van der Waals surface area contributed by atoms with Crippen molar-refractivity contribution < 1.29 is 19.8 Å². The predicted octanol–water partition coefficient (Wildman–Crippen LogP) is 4.53. The molecule has 0 aliphatic heterocycles. The number of carbonyl (C=O) groups excluding carboxylic acids is 1. The number of ketones is 1. The van der Waals surface area contributed by atoms with Crippen molar-refractivity contribution in [3.63, 3.8) is 0 Å². The highest BCUT2D eigenvalue weighted by Gasteiger charge is 2.59. The van der Waals surface area contributed by atoms with E-state index in [0.29, 0.717) is 12.2 Å². The fourth-order valence-electron chi connectivity index (χ4n) is 4.20. The molecule has 0 spiro atoms. The summed E-state index contributed by atoms with van der Waals surface area (Å²) in [5.41, 5.74) is 5.25. The monoisotopic (exact) mass is 318 g/mol. The molecule has 0 amide bonds. The Bertz CT molecular complexity index is 593. The number of fused-ring (bicyclic) bond motifs is 1. The van der Waals surface area contributed by atoms with Crippen molar-refractivity contribution in [2.45, 2.75) is 59.3 Å². The van der Waals surface area contributed by atoms with Gasteiger partial charge in [0.1, 0.15) is 5.78 Å². The highest BCUT2D eigenvalue weighted by molar-refractivity contribution is 5.90. The molecule has 0 bridgehead atoms. The molecule has 0 aromatic heterocycles. The van der Waals surface area contributed by atoms with Crippen molar-refractivity contribution in [1.82, 2.24) is 0 Å². The smallest absolute Gasteiger partial charge is 0.450 e. The lowest BCUT2D eigenvalue weighted by Crippen LogP contribution is -2.23. The first kappa shape index (κ1) is 17.5. The van der Waals surface area contributed by atoms with E-state index < -0.39 is 6.16 Å². The molecule has 2 fully saturated rings. The first-order valence-electron chi connectivity index (χ1n) is 8.28. The van der Waals surface area contributed by atoms with E-state index in [-0.39, 0.29) is 5.41 Å². The van der Waals surface area contributed by atoms with Gasteiger partial charge in [-0.05, 0) is 62.6 Å². The molecule has 1 aromatic rings. The molecule has 2 unspecified atom stereocenters. The summed E-state index contributed by atoms with van der Waals surface area (Å²) in [6.07, 6.45) is 5.04. The van der Waals surface area contributed by atoms with Crippen molar-refractivity contribution in [3.05, 3.63) is 34.4 Å². The van der Waals surface area contributed by atoms with Crippen LogP contribution in [-0.2, 0) is 11.2 Å². The fourth-order valence-corrected chi connectivity index (χ4v) is 4.20. The highest BCUT2D eigenvalue weighted by Crippen LogP contribution is 2.62. The zero-order chi connectivity index (χ0) is 17.2. The summed E-state index contributed by atoms with van der Waals surface area (Å²) in [6.45, 7) is 6.42. The fraction of sp³-hybridized carbons (Fsp3) is 0.579. The lowest BCUT2D eigenvalue weighted by Gasteiger charge is -2.21. The van der Waals surface area contributed by atoms with E-state index >= 15 is 0 Å². The minimum absolute atomic E-state index is 0.0992. The van der Waals surface area contributed by atoms with Gasteiger partial charge in [0.05, 0.1) is 0 Å². The van der Waals surface area contributed by atoms with Gasteiger partial charge in [0.25, 0.3) is 0 Å². The van der Waals surface area contributed by atoms with Crippen LogP contribution in [0.1, 0.15) is 54.4 Å². The van der Waals surface area contributed by atoms with Crippen molar-refractivity contribution in [3.8, 4) is 0 Å². The second kappa shape index (κ2) is 6.73. The van der Waals surface area contributed by atoms with Gasteiger partial charge in [0.15, 0.2) is 0 Å². The molecule has 0 radical (unpaired) electrons. The third kappa shape index (κ3) is 3.92.